The van der Waals surface area contributed by atoms with Gasteiger partial charge in [0.1, 0.15) is 5.75 Å². The molecule has 8 nitrogen and oxygen atoms in total. The number of piperidine rings is 1. The molecule has 2 aliphatic rings. The number of nitrogens with two attached hydrogens (primary N) is 1. The van der Waals surface area contributed by atoms with Crippen LogP contribution in [0.3, 0.4) is 0 Å². The number of hydrazine groups is 1. The molecule has 2 aromatic carbocycles. The van der Waals surface area contributed by atoms with Gasteiger partial charge in [-0.25, -0.2) is 10.0 Å². The minimum absolute atomic E-state index is 0.194. The number of amides is 3. The molecule has 0 bridgehead atoms. The number of benzene rings is 2. The Balaban J connectivity index is 1.33. The monoisotopic (exact) mass is 478 g/mol. The van der Waals surface area contributed by atoms with Crippen LogP contribution in [0.15, 0.2) is 48.5 Å². The van der Waals surface area contributed by atoms with E-state index >= 15 is 0 Å². The van der Waals surface area contributed by atoms with Gasteiger partial charge in [-0.1, -0.05) is 30.7 Å². The number of carbonyl (C=O) groups excluding carboxylic acids is 3. The Bertz CT molecular complexity index is 1020. The lowest BCUT2D eigenvalue weighted by Crippen LogP contribution is -2.47. The molecule has 0 saturated carbocycles. The van der Waals surface area contributed by atoms with Crippen LogP contribution in [0.4, 0.5) is 0 Å². The molecule has 0 atom stereocenters. The van der Waals surface area contributed by atoms with Crippen LogP contribution in [-0.2, 0) is 11.3 Å². The van der Waals surface area contributed by atoms with Gasteiger partial charge in [0, 0.05) is 26.1 Å². The largest absolute Gasteiger partial charge is 0.494 e. The number of likely N-dealkylation sites (tertiary alicyclic amines) is 1. The number of imide groups is 1. The fraction of sp³-hybridized carbons (Fsp3) is 0.444. The summed E-state index contributed by atoms with van der Waals surface area (Å²) in [5.74, 6) is -0.257. The number of hydrogen-bond acceptors (Lipinski definition) is 6. The van der Waals surface area contributed by atoms with Crippen molar-refractivity contribution >= 4 is 17.7 Å². The van der Waals surface area contributed by atoms with Gasteiger partial charge in [-0.05, 0) is 68.6 Å². The van der Waals surface area contributed by atoms with E-state index in [2.05, 4.69) is 17.0 Å². The van der Waals surface area contributed by atoms with E-state index in [9.17, 15) is 14.4 Å². The molecule has 0 aliphatic carbocycles. The van der Waals surface area contributed by atoms with E-state index in [1.807, 2.05) is 12.1 Å². The number of carbonyl (C=O) groups is 3. The molecule has 0 spiro atoms. The third-order valence-corrected chi connectivity index (χ3v) is 6.48. The SMILES string of the molecule is NC(=O)CCCN(CCCOc1cccc(CN2CCCCC2)c1)N1C(=O)c2ccccc2C1=O. The van der Waals surface area contributed by atoms with Crippen LogP contribution < -0.4 is 10.5 Å². The molecule has 0 aromatic heterocycles. The van der Waals surface area contributed by atoms with Gasteiger partial charge in [-0.3, -0.25) is 19.3 Å². The maximum Gasteiger partial charge on any atom is 0.276 e. The summed E-state index contributed by atoms with van der Waals surface area (Å²) >= 11 is 0. The summed E-state index contributed by atoms with van der Waals surface area (Å²) in [6, 6.07) is 15.0. The maximum atomic E-state index is 12.9. The lowest BCUT2D eigenvalue weighted by atomic mass is 10.1. The summed E-state index contributed by atoms with van der Waals surface area (Å²) in [7, 11) is 0. The number of hydrogen-bond donors (Lipinski definition) is 1. The van der Waals surface area contributed by atoms with Gasteiger partial charge < -0.3 is 10.5 Å². The van der Waals surface area contributed by atoms with Gasteiger partial charge >= 0.3 is 0 Å². The van der Waals surface area contributed by atoms with Gasteiger partial charge in [0.25, 0.3) is 11.8 Å². The molecule has 2 aromatic rings. The highest BCUT2D eigenvalue weighted by Crippen LogP contribution is 2.25. The van der Waals surface area contributed by atoms with Crippen LogP contribution in [0.5, 0.6) is 5.75 Å². The molecule has 0 radical (unpaired) electrons. The van der Waals surface area contributed by atoms with Crippen molar-refractivity contribution in [3.8, 4) is 5.75 Å². The smallest absolute Gasteiger partial charge is 0.276 e. The van der Waals surface area contributed by atoms with Crippen molar-refractivity contribution in [2.75, 3.05) is 32.8 Å². The Morgan fingerprint density at radius 1 is 0.914 bits per heavy atom. The minimum atomic E-state index is -0.403. The van der Waals surface area contributed by atoms with Crippen molar-refractivity contribution < 1.29 is 19.1 Å². The van der Waals surface area contributed by atoms with E-state index in [0.717, 1.165) is 25.4 Å². The molecule has 2 N–H and O–H groups in total. The molecule has 2 aliphatic heterocycles. The summed E-state index contributed by atoms with van der Waals surface area (Å²) in [6.45, 7) is 4.49. The highest BCUT2D eigenvalue weighted by Gasteiger charge is 2.38. The number of ether oxygens (including phenoxy) is 1. The first-order chi connectivity index (χ1) is 17.0. The Hall–Kier alpha value is -3.23. The molecular weight excluding hydrogens is 444 g/mol. The van der Waals surface area contributed by atoms with Crippen LogP contribution in [0.2, 0.25) is 0 Å². The van der Waals surface area contributed by atoms with E-state index in [1.54, 1.807) is 29.3 Å². The van der Waals surface area contributed by atoms with Crippen LogP contribution in [0, 0.1) is 0 Å². The Kier molecular flexibility index (Phi) is 8.50. The maximum absolute atomic E-state index is 12.9. The first kappa shape index (κ1) is 24.9. The van der Waals surface area contributed by atoms with Gasteiger partial charge in [0.15, 0.2) is 0 Å². The van der Waals surface area contributed by atoms with Crippen molar-refractivity contribution in [2.24, 2.45) is 5.73 Å². The third kappa shape index (κ3) is 6.46. The van der Waals surface area contributed by atoms with E-state index in [1.165, 1.54) is 29.8 Å². The second kappa shape index (κ2) is 12.0. The summed E-state index contributed by atoms with van der Waals surface area (Å²) in [4.78, 5) is 39.6. The van der Waals surface area contributed by atoms with Crippen molar-refractivity contribution in [3.63, 3.8) is 0 Å². The highest BCUT2D eigenvalue weighted by molar-refractivity contribution is 6.20. The topological polar surface area (TPSA) is 96.2 Å². The normalized spacial score (nSPS) is 16.1. The third-order valence-electron chi connectivity index (χ3n) is 6.48. The van der Waals surface area contributed by atoms with E-state index in [0.29, 0.717) is 43.7 Å². The van der Waals surface area contributed by atoms with E-state index in [-0.39, 0.29) is 18.2 Å². The fourth-order valence-electron chi connectivity index (χ4n) is 4.73. The van der Waals surface area contributed by atoms with Crippen LogP contribution in [0.25, 0.3) is 0 Å². The van der Waals surface area contributed by atoms with Crippen LogP contribution in [-0.4, -0.2) is 65.4 Å². The lowest BCUT2D eigenvalue weighted by Gasteiger charge is -2.30. The highest BCUT2D eigenvalue weighted by atomic mass is 16.5. The second-order valence-electron chi connectivity index (χ2n) is 9.18. The van der Waals surface area contributed by atoms with Gasteiger partial charge in [-0.2, -0.15) is 0 Å². The average Bonchev–Trinajstić information content (AvgIpc) is 3.11. The van der Waals surface area contributed by atoms with Crippen molar-refractivity contribution in [1.82, 2.24) is 14.9 Å². The molecule has 35 heavy (non-hydrogen) atoms. The fourth-order valence-corrected chi connectivity index (χ4v) is 4.73. The van der Waals surface area contributed by atoms with Crippen molar-refractivity contribution in [3.05, 3.63) is 65.2 Å². The summed E-state index contributed by atoms with van der Waals surface area (Å²) < 4.78 is 6.00. The quantitative estimate of drug-likeness (QED) is 0.372. The molecule has 3 amide bonds. The number of nitrogens with zero attached hydrogens (tertiary/aromatic N) is 3. The van der Waals surface area contributed by atoms with Gasteiger partial charge in [0.05, 0.1) is 17.7 Å². The molecule has 1 saturated heterocycles. The van der Waals surface area contributed by atoms with Crippen LogP contribution >= 0.6 is 0 Å². The molecule has 8 heteroatoms. The van der Waals surface area contributed by atoms with Gasteiger partial charge in [0.2, 0.25) is 5.91 Å². The Morgan fingerprint density at radius 2 is 1.60 bits per heavy atom. The number of fused-ring (bicyclic) bond motifs is 1. The zero-order valence-corrected chi connectivity index (χ0v) is 20.2. The number of primary amides is 1. The summed E-state index contributed by atoms with van der Waals surface area (Å²) in [5.41, 5.74) is 7.33. The predicted octanol–water partition coefficient (Wildman–Crippen LogP) is 3.22. The molecule has 4 rings (SSSR count). The predicted molar refractivity (Wildman–Crippen MR) is 133 cm³/mol. The first-order valence-electron chi connectivity index (χ1n) is 12.5. The lowest BCUT2D eigenvalue weighted by molar-refractivity contribution is -0.118. The molecular formula is C27H34N4O4. The zero-order chi connectivity index (χ0) is 24.6. The zero-order valence-electron chi connectivity index (χ0n) is 20.2. The van der Waals surface area contributed by atoms with Gasteiger partial charge in [-0.15, -0.1) is 0 Å². The van der Waals surface area contributed by atoms with E-state index in [4.69, 9.17) is 10.5 Å². The standard InChI is InChI=1S/C27H34N4O4/c28-25(32)13-7-16-30(31-26(33)23-11-2-3-12-24(23)27(31)34)17-8-18-35-22-10-6-9-21(19-22)20-29-14-4-1-5-15-29/h2-3,6,9-12,19H,1,4-5,7-8,13-18,20H2,(H2,28,32). The van der Waals surface area contributed by atoms with E-state index < -0.39 is 5.91 Å². The Labute approximate surface area is 206 Å². The molecule has 1 fully saturated rings. The Morgan fingerprint density at radius 3 is 2.29 bits per heavy atom. The first-order valence-corrected chi connectivity index (χ1v) is 12.5. The van der Waals surface area contributed by atoms with Crippen molar-refractivity contribution in [1.29, 1.82) is 0 Å². The second-order valence-corrected chi connectivity index (χ2v) is 9.18. The average molecular weight is 479 g/mol. The minimum Gasteiger partial charge on any atom is -0.494 e. The molecule has 0 unspecified atom stereocenters. The molecule has 186 valence electrons. The number of rotatable bonds is 12. The van der Waals surface area contributed by atoms with Crippen molar-refractivity contribution in [2.45, 2.75) is 45.1 Å². The molecule has 2 heterocycles. The summed E-state index contributed by atoms with van der Waals surface area (Å²) in [5, 5.41) is 2.91. The summed E-state index contributed by atoms with van der Waals surface area (Å²) in [6.07, 6.45) is 5.11. The van der Waals surface area contributed by atoms with Crippen LogP contribution in [0.1, 0.15) is 64.8 Å².